The van der Waals surface area contributed by atoms with E-state index < -0.39 is 0 Å². The zero-order chi connectivity index (χ0) is 17.3. The second-order valence-electron chi connectivity index (χ2n) is 5.80. The van der Waals surface area contributed by atoms with Crippen LogP contribution in [0, 0.1) is 0 Å². The smallest absolute Gasteiger partial charge is 0.191 e. The van der Waals surface area contributed by atoms with Crippen molar-refractivity contribution in [2.75, 3.05) is 19.6 Å². The second kappa shape index (κ2) is 9.22. The van der Waals surface area contributed by atoms with Crippen molar-refractivity contribution in [2.24, 2.45) is 4.99 Å². The number of para-hydroxylation sites is 2. The van der Waals surface area contributed by atoms with Crippen LogP contribution < -0.4 is 10.6 Å². The topological polar surface area (TPSA) is 54.2 Å². The number of guanidine groups is 1. The molecule has 6 heteroatoms. The Bertz CT molecular complexity index is 791. The van der Waals surface area contributed by atoms with E-state index in [-0.39, 0.29) is 0 Å². The minimum absolute atomic E-state index is 0.793. The summed E-state index contributed by atoms with van der Waals surface area (Å²) in [6.45, 7) is 5.59. The molecular weight excluding hydrogens is 330 g/mol. The molecular formula is C19H25N5S. The Labute approximate surface area is 152 Å². The molecule has 0 radical (unpaired) electrons. The van der Waals surface area contributed by atoms with Crippen molar-refractivity contribution in [1.82, 2.24) is 20.2 Å². The molecule has 0 aliphatic rings. The molecule has 0 bridgehead atoms. The molecule has 0 saturated carbocycles. The van der Waals surface area contributed by atoms with Gasteiger partial charge in [-0.25, -0.2) is 4.98 Å². The molecule has 0 unspecified atom stereocenters. The summed E-state index contributed by atoms with van der Waals surface area (Å²) in [5.74, 6) is 0.898. The van der Waals surface area contributed by atoms with Gasteiger partial charge >= 0.3 is 0 Å². The lowest BCUT2D eigenvalue weighted by Gasteiger charge is -2.11. The van der Waals surface area contributed by atoms with Crippen LogP contribution in [0.25, 0.3) is 11.0 Å². The van der Waals surface area contributed by atoms with E-state index in [4.69, 9.17) is 0 Å². The Hall–Kier alpha value is -2.34. The number of benzene rings is 1. The highest BCUT2D eigenvalue weighted by Crippen LogP contribution is 2.12. The summed E-state index contributed by atoms with van der Waals surface area (Å²) in [5.41, 5.74) is 2.24. The predicted molar refractivity (Wildman–Crippen MR) is 106 cm³/mol. The van der Waals surface area contributed by atoms with Crippen molar-refractivity contribution in [2.45, 2.75) is 26.3 Å². The fraction of sp³-hybridized carbons (Fsp3) is 0.368. The highest BCUT2D eigenvalue weighted by molar-refractivity contribution is 7.09. The molecule has 2 N–H and O–H groups in total. The number of thiophene rings is 1. The molecule has 0 atom stereocenters. The average Bonchev–Trinajstić information content (AvgIpc) is 3.28. The number of hydrogen-bond acceptors (Lipinski definition) is 3. The van der Waals surface area contributed by atoms with Crippen LogP contribution in [0.2, 0.25) is 0 Å². The maximum atomic E-state index is 4.68. The lowest BCUT2D eigenvalue weighted by atomic mass is 10.3. The Balaban J connectivity index is 1.46. The molecule has 25 heavy (non-hydrogen) atoms. The summed E-state index contributed by atoms with van der Waals surface area (Å²) in [6, 6.07) is 12.5. The largest absolute Gasteiger partial charge is 0.357 e. The number of nitrogens with one attached hydrogen (secondary N) is 2. The van der Waals surface area contributed by atoms with Crippen molar-refractivity contribution >= 4 is 28.3 Å². The number of fused-ring (bicyclic) bond motifs is 1. The Kier molecular flexibility index (Phi) is 6.45. The minimum Gasteiger partial charge on any atom is -0.357 e. The average molecular weight is 356 g/mol. The number of hydrogen-bond donors (Lipinski definition) is 2. The quantitative estimate of drug-likeness (QED) is 0.370. The van der Waals surface area contributed by atoms with E-state index in [1.54, 1.807) is 11.3 Å². The molecule has 0 fully saturated rings. The van der Waals surface area contributed by atoms with Crippen molar-refractivity contribution in [3.8, 4) is 0 Å². The third-order valence-corrected chi connectivity index (χ3v) is 4.88. The molecule has 132 valence electrons. The van der Waals surface area contributed by atoms with Gasteiger partial charge in [-0.3, -0.25) is 4.99 Å². The van der Waals surface area contributed by atoms with E-state index in [1.165, 1.54) is 10.4 Å². The van der Waals surface area contributed by atoms with Gasteiger partial charge in [-0.15, -0.1) is 11.3 Å². The first-order chi connectivity index (χ1) is 12.4. The molecule has 5 nitrogen and oxygen atoms in total. The molecule has 0 saturated heterocycles. The molecule has 3 aromatic rings. The number of aromatic nitrogens is 2. The van der Waals surface area contributed by atoms with E-state index in [9.17, 15) is 0 Å². The van der Waals surface area contributed by atoms with Gasteiger partial charge in [0.15, 0.2) is 5.96 Å². The highest BCUT2D eigenvalue weighted by Gasteiger charge is 2.01. The van der Waals surface area contributed by atoms with Gasteiger partial charge in [-0.05, 0) is 43.3 Å². The zero-order valence-corrected chi connectivity index (χ0v) is 15.4. The maximum absolute atomic E-state index is 4.68. The van der Waals surface area contributed by atoms with E-state index in [0.29, 0.717) is 0 Å². The highest BCUT2D eigenvalue weighted by atomic mass is 32.1. The van der Waals surface area contributed by atoms with Crippen molar-refractivity contribution in [1.29, 1.82) is 0 Å². The molecule has 3 rings (SSSR count). The lowest BCUT2D eigenvalue weighted by molar-refractivity contribution is 0.662. The fourth-order valence-electron chi connectivity index (χ4n) is 2.72. The number of rotatable bonds is 8. The van der Waals surface area contributed by atoms with Gasteiger partial charge in [0.2, 0.25) is 0 Å². The number of imidazole rings is 1. The first kappa shape index (κ1) is 17.5. The molecule has 0 spiro atoms. The van der Waals surface area contributed by atoms with Crippen LogP contribution in [0.5, 0.6) is 0 Å². The first-order valence-corrected chi connectivity index (χ1v) is 9.69. The summed E-state index contributed by atoms with van der Waals surface area (Å²) >= 11 is 1.80. The van der Waals surface area contributed by atoms with Gasteiger partial charge in [0, 0.05) is 31.1 Å². The van der Waals surface area contributed by atoms with Gasteiger partial charge in [0.1, 0.15) is 0 Å². The Morgan fingerprint density at radius 3 is 2.96 bits per heavy atom. The lowest BCUT2D eigenvalue weighted by Crippen LogP contribution is -2.38. The van der Waals surface area contributed by atoms with Crippen LogP contribution in [0.3, 0.4) is 0 Å². The van der Waals surface area contributed by atoms with Gasteiger partial charge in [-0.2, -0.15) is 0 Å². The van der Waals surface area contributed by atoms with E-state index in [2.05, 4.69) is 61.7 Å². The normalized spacial score (nSPS) is 11.8. The molecule has 1 aromatic carbocycles. The Morgan fingerprint density at radius 1 is 1.20 bits per heavy atom. The molecule has 0 aliphatic carbocycles. The van der Waals surface area contributed by atoms with Crippen LogP contribution in [-0.4, -0.2) is 35.1 Å². The SMILES string of the molecule is CCNC(=NCCCn1cnc2ccccc21)NCCc1cccs1. The van der Waals surface area contributed by atoms with Crippen LogP contribution in [0.4, 0.5) is 0 Å². The molecule has 0 aliphatic heterocycles. The van der Waals surface area contributed by atoms with Crippen molar-refractivity contribution in [3.63, 3.8) is 0 Å². The summed E-state index contributed by atoms with van der Waals surface area (Å²) < 4.78 is 2.20. The van der Waals surface area contributed by atoms with Crippen molar-refractivity contribution in [3.05, 3.63) is 53.0 Å². The first-order valence-electron chi connectivity index (χ1n) is 8.81. The second-order valence-corrected chi connectivity index (χ2v) is 6.83. The standard InChI is InChI=1S/C19H25N5S/c1-2-20-19(22-12-10-16-7-5-14-25-16)21-11-6-13-24-15-23-17-8-3-4-9-18(17)24/h3-5,7-9,14-15H,2,6,10-13H2,1H3,(H2,20,21,22). The van der Waals surface area contributed by atoms with E-state index >= 15 is 0 Å². The maximum Gasteiger partial charge on any atom is 0.191 e. The third kappa shape index (κ3) is 5.06. The molecule has 2 aromatic heterocycles. The number of aliphatic imine (C=N–C) groups is 1. The van der Waals surface area contributed by atoms with Crippen LogP contribution in [0.15, 0.2) is 53.1 Å². The summed E-state index contributed by atoms with van der Waals surface area (Å²) in [5, 5.41) is 8.84. The summed E-state index contributed by atoms with van der Waals surface area (Å²) in [6.07, 6.45) is 3.93. The fourth-order valence-corrected chi connectivity index (χ4v) is 3.43. The minimum atomic E-state index is 0.793. The number of aryl methyl sites for hydroxylation is 1. The summed E-state index contributed by atoms with van der Waals surface area (Å²) in [4.78, 5) is 10.5. The summed E-state index contributed by atoms with van der Waals surface area (Å²) in [7, 11) is 0. The van der Waals surface area contributed by atoms with Crippen LogP contribution in [-0.2, 0) is 13.0 Å². The van der Waals surface area contributed by atoms with Crippen molar-refractivity contribution < 1.29 is 0 Å². The van der Waals surface area contributed by atoms with Gasteiger partial charge < -0.3 is 15.2 Å². The number of nitrogens with zero attached hydrogens (tertiary/aromatic N) is 3. The van der Waals surface area contributed by atoms with Gasteiger partial charge in [-0.1, -0.05) is 18.2 Å². The van der Waals surface area contributed by atoms with Crippen LogP contribution in [0.1, 0.15) is 18.2 Å². The monoisotopic (exact) mass is 355 g/mol. The Morgan fingerprint density at radius 2 is 2.12 bits per heavy atom. The molecule has 0 amide bonds. The third-order valence-electron chi connectivity index (χ3n) is 3.94. The van der Waals surface area contributed by atoms with Gasteiger partial charge in [0.05, 0.1) is 17.4 Å². The van der Waals surface area contributed by atoms with E-state index in [1.807, 2.05) is 18.5 Å². The van der Waals surface area contributed by atoms with E-state index in [0.717, 1.165) is 50.5 Å². The van der Waals surface area contributed by atoms with Crippen LogP contribution >= 0.6 is 11.3 Å². The van der Waals surface area contributed by atoms with Gasteiger partial charge in [0.25, 0.3) is 0 Å². The molecule has 2 heterocycles. The zero-order valence-electron chi connectivity index (χ0n) is 14.6. The predicted octanol–water partition coefficient (Wildman–Crippen LogP) is 3.29.